The van der Waals surface area contributed by atoms with Crippen molar-refractivity contribution in [3.05, 3.63) is 47.7 Å². The first-order valence-electron chi connectivity index (χ1n) is 19.9. The number of Topliss-reactive ketones (excluding diaryl/α,β-unsaturated/α-hetero) is 1. The number of carbonyl (C=O) groups is 1. The number of hydrogen-bond acceptors (Lipinski definition) is 10. The Hall–Kier alpha value is -4.29. The fraction of sp³-hybridized carbons (Fsp3) is 0.535. The van der Waals surface area contributed by atoms with Crippen LogP contribution in [0, 0.1) is 23.1 Å². The van der Waals surface area contributed by atoms with Crippen LogP contribution in [0.25, 0.3) is 32.9 Å². The van der Waals surface area contributed by atoms with E-state index in [1.165, 1.54) is 19.4 Å². The maximum atomic E-state index is 17.5. The number of benzene rings is 2. The highest BCUT2D eigenvalue weighted by atomic mass is 28.3. The third-order valence-corrected chi connectivity index (χ3v) is 18.5. The molecule has 3 fully saturated rings. The van der Waals surface area contributed by atoms with E-state index in [0.29, 0.717) is 52.7 Å². The maximum Gasteiger partial charge on any atom is 0.319 e. The molecule has 14 heteroatoms. The van der Waals surface area contributed by atoms with Crippen molar-refractivity contribution >= 4 is 41.4 Å². The molecule has 0 radical (unpaired) electrons. The second kappa shape index (κ2) is 16.5. The number of ether oxygens (including phenoxy) is 4. The predicted octanol–water partition coefficient (Wildman–Crippen LogP) is 8.04. The Morgan fingerprint density at radius 2 is 1.82 bits per heavy atom. The van der Waals surface area contributed by atoms with E-state index < -0.39 is 31.4 Å². The maximum absolute atomic E-state index is 17.5. The molecule has 0 amide bonds. The molecule has 2 atom stereocenters. The van der Waals surface area contributed by atoms with Gasteiger partial charge in [0.05, 0.1) is 29.6 Å². The summed E-state index contributed by atoms with van der Waals surface area (Å²) in [6, 6.07) is 6.26. The van der Waals surface area contributed by atoms with Gasteiger partial charge in [0, 0.05) is 43.8 Å². The summed E-state index contributed by atoms with van der Waals surface area (Å²) >= 11 is 0. The summed E-state index contributed by atoms with van der Waals surface area (Å²) in [5.74, 6) is 2.43. The summed E-state index contributed by atoms with van der Waals surface area (Å²) in [5, 5.41) is 1.23. The highest BCUT2D eigenvalue weighted by Crippen LogP contribution is 2.43. The lowest BCUT2D eigenvalue weighted by Crippen LogP contribution is -2.43. The van der Waals surface area contributed by atoms with E-state index in [9.17, 15) is 9.18 Å². The largest absolute Gasteiger partial charge is 0.468 e. The van der Waals surface area contributed by atoms with Crippen molar-refractivity contribution < 1.29 is 36.9 Å². The van der Waals surface area contributed by atoms with Crippen LogP contribution in [0.5, 0.6) is 11.8 Å². The topological polar surface area (TPSA) is 99.1 Å². The lowest BCUT2D eigenvalue weighted by atomic mass is 9.95. The van der Waals surface area contributed by atoms with Crippen LogP contribution in [0.1, 0.15) is 66.4 Å². The van der Waals surface area contributed by atoms with Gasteiger partial charge in [0.25, 0.3) is 0 Å². The highest BCUT2D eigenvalue weighted by molar-refractivity contribution is 6.90. The smallest absolute Gasteiger partial charge is 0.319 e. The van der Waals surface area contributed by atoms with Crippen LogP contribution in [0.2, 0.25) is 16.6 Å². The van der Waals surface area contributed by atoms with Crippen molar-refractivity contribution in [3.63, 3.8) is 0 Å². The molecule has 2 aromatic heterocycles. The molecule has 3 aliphatic rings. The lowest BCUT2D eigenvalue weighted by molar-refractivity contribution is -0.121. The first-order chi connectivity index (χ1) is 27.3. The zero-order valence-corrected chi connectivity index (χ0v) is 34.9. The van der Waals surface area contributed by atoms with Crippen LogP contribution in [-0.4, -0.2) is 105 Å². The third-order valence-electron chi connectivity index (χ3n) is 12.2. The molecule has 2 aromatic carbocycles. The molecule has 3 aliphatic heterocycles. The number of methoxy groups -OCH3 is 1. The van der Waals surface area contributed by atoms with Crippen LogP contribution in [0.15, 0.2) is 30.5 Å². The van der Waals surface area contributed by atoms with E-state index in [1.54, 1.807) is 23.1 Å². The van der Waals surface area contributed by atoms with Gasteiger partial charge in [-0.2, -0.15) is 9.97 Å². The number of ketones is 1. The minimum atomic E-state index is -2.31. The molecule has 304 valence electrons. The van der Waals surface area contributed by atoms with Crippen molar-refractivity contribution in [2.24, 2.45) is 0 Å². The Morgan fingerprint density at radius 1 is 1.05 bits per heavy atom. The number of hydrogen-bond donors (Lipinski definition) is 0. The molecule has 3 saturated heterocycles. The fourth-order valence-electron chi connectivity index (χ4n) is 9.58. The van der Waals surface area contributed by atoms with Gasteiger partial charge in [0.1, 0.15) is 56.1 Å². The zero-order chi connectivity index (χ0) is 40.6. The summed E-state index contributed by atoms with van der Waals surface area (Å²) in [4.78, 5) is 30.6. The number of carbonyl (C=O) groups excluding carboxylic acids is 1. The SMILES string of the molecule is COCOc1cc(-c2ncc3c(N4CCOCC(=O)C4)nc(OC[C@@]45CCCN4C[C@H](F)C5)nc3c2F)c2c(C#C[Si](C(C)C)(C(C)C)C(C)C)c(F)ccc2c1. The first kappa shape index (κ1) is 40.9. The van der Waals surface area contributed by atoms with Crippen LogP contribution < -0.4 is 14.4 Å². The van der Waals surface area contributed by atoms with Crippen LogP contribution in [-0.2, 0) is 14.3 Å². The molecule has 0 aliphatic carbocycles. The van der Waals surface area contributed by atoms with Gasteiger partial charge in [-0.15, -0.1) is 5.54 Å². The number of halogens is 3. The van der Waals surface area contributed by atoms with Crippen LogP contribution in [0.3, 0.4) is 0 Å². The standard InChI is InChI=1S/C43H52F3N5O5Si/c1-26(2)57(27(3)4,28(5)6)16-11-33-36(45)10-9-29-17-32(56-25-53-7)18-34(37(29)33)39-38(46)40-35(20-47-39)41(50-14-15-54-23-31(52)22-50)49-42(48-40)55-24-43-12-8-13-51(43)21-30(44)19-43/h9-10,17-18,20,26-28,30H,8,12-15,19,21-25H2,1-7H3/t30-,43+/m1/s1. The van der Waals surface area contributed by atoms with Crippen LogP contribution >= 0.6 is 0 Å². The average Bonchev–Trinajstić information content (AvgIpc) is 3.60. The summed E-state index contributed by atoms with van der Waals surface area (Å²) < 4.78 is 71.2. The molecule has 5 heterocycles. The molecular formula is C43H52F3N5O5Si. The quantitative estimate of drug-likeness (QED) is 0.0842. The van der Waals surface area contributed by atoms with E-state index in [1.807, 2.05) is 0 Å². The Labute approximate surface area is 333 Å². The molecule has 0 N–H and O–H groups in total. The minimum absolute atomic E-state index is 0.0189. The molecule has 0 unspecified atom stereocenters. The number of anilines is 1. The average molecular weight is 804 g/mol. The lowest BCUT2D eigenvalue weighted by Gasteiger charge is -2.38. The summed E-state index contributed by atoms with van der Waals surface area (Å²) in [6.45, 7) is 14.8. The van der Waals surface area contributed by atoms with Gasteiger partial charge in [-0.3, -0.25) is 14.7 Å². The van der Waals surface area contributed by atoms with Gasteiger partial charge >= 0.3 is 6.01 Å². The summed E-state index contributed by atoms with van der Waals surface area (Å²) in [6.07, 6.45) is 2.52. The zero-order valence-electron chi connectivity index (χ0n) is 33.9. The number of alkyl halides is 1. The molecule has 57 heavy (non-hydrogen) atoms. The van der Waals surface area contributed by atoms with E-state index >= 15 is 8.78 Å². The van der Waals surface area contributed by atoms with E-state index in [2.05, 4.69) is 67.9 Å². The van der Waals surface area contributed by atoms with Crippen molar-refractivity contribution in [1.29, 1.82) is 0 Å². The van der Waals surface area contributed by atoms with Crippen molar-refractivity contribution in [2.45, 2.75) is 89.1 Å². The molecule has 0 bridgehead atoms. The summed E-state index contributed by atoms with van der Waals surface area (Å²) in [7, 11) is -0.815. The first-order valence-corrected chi connectivity index (χ1v) is 22.1. The van der Waals surface area contributed by atoms with Crippen molar-refractivity contribution in [1.82, 2.24) is 19.9 Å². The summed E-state index contributed by atoms with van der Waals surface area (Å²) in [5.41, 5.74) is 4.25. The molecule has 10 nitrogen and oxygen atoms in total. The minimum Gasteiger partial charge on any atom is -0.468 e. The number of aromatic nitrogens is 3. The van der Waals surface area contributed by atoms with Crippen LogP contribution in [0.4, 0.5) is 19.0 Å². The van der Waals surface area contributed by atoms with Crippen molar-refractivity contribution in [2.75, 3.05) is 64.8 Å². The Kier molecular flexibility index (Phi) is 11.9. The molecule has 4 aromatic rings. The normalized spacial score (nSPS) is 20.5. The number of rotatable bonds is 11. The number of pyridine rings is 1. The molecule has 0 saturated carbocycles. The van der Waals surface area contributed by atoms with Gasteiger partial charge < -0.3 is 23.8 Å². The van der Waals surface area contributed by atoms with Gasteiger partial charge in [0.15, 0.2) is 18.4 Å². The fourth-order valence-corrected chi connectivity index (χ4v) is 14.8. The Bertz CT molecular complexity index is 2210. The predicted molar refractivity (Wildman–Crippen MR) is 217 cm³/mol. The number of fused-ring (bicyclic) bond motifs is 3. The van der Waals surface area contributed by atoms with Gasteiger partial charge in [-0.25, -0.2) is 13.2 Å². The highest BCUT2D eigenvalue weighted by Gasteiger charge is 2.49. The monoisotopic (exact) mass is 803 g/mol. The van der Waals surface area contributed by atoms with Gasteiger partial charge in [-0.1, -0.05) is 53.5 Å². The molecular weight excluding hydrogens is 752 g/mol. The Balaban J connectivity index is 1.43. The molecule has 0 spiro atoms. The third kappa shape index (κ3) is 7.71. The second-order valence-corrected chi connectivity index (χ2v) is 22.2. The second-order valence-electron chi connectivity index (χ2n) is 16.6. The van der Waals surface area contributed by atoms with Crippen molar-refractivity contribution in [3.8, 4) is 34.5 Å². The van der Waals surface area contributed by atoms with E-state index in [0.717, 1.165) is 19.4 Å². The van der Waals surface area contributed by atoms with Gasteiger partial charge in [0.2, 0.25) is 0 Å². The molecule has 7 rings (SSSR count). The van der Waals surface area contributed by atoms with E-state index in [-0.39, 0.29) is 78.5 Å². The number of nitrogens with zero attached hydrogens (tertiary/aromatic N) is 5. The Morgan fingerprint density at radius 3 is 2.56 bits per heavy atom. The van der Waals surface area contributed by atoms with Gasteiger partial charge in [-0.05, 0) is 59.6 Å². The van der Waals surface area contributed by atoms with E-state index in [4.69, 9.17) is 23.9 Å².